The van der Waals surface area contributed by atoms with E-state index in [2.05, 4.69) is 23.3 Å². The molecule has 0 aliphatic carbocycles. The third kappa shape index (κ3) is 8.42. The van der Waals surface area contributed by atoms with Crippen molar-refractivity contribution in [2.75, 3.05) is 5.75 Å². The Morgan fingerprint density at radius 1 is 1.15 bits per heavy atom. The molecule has 0 aliphatic rings. The monoisotopic (exact) mass is 495 g/mol. The molecule has 3 amide bonds. The summed E-state index contributed by atoms with van der Waals surface area (Å²) in [5, 5.41) is 16.4. The first-order valence-electron chi connectivity index (χ1n) is 11.7. The van der Waals surface area contributed by atoms with Crippen LogP contribution in [0.25, 0.3) is 0 Å². The minimum atomic E-state index is -1.10. The number of aryl methyl sites for hydroxylation is 1. The summed E-state index contributed by atoms with van der Waals surface area (Å²) in [7, 11) is 0. The van der Waals surface area contributed by atoms with Crippen LogP contribution < -0.4 is 10.6 Å². The maximum absolute atomic E-state index is 13.7. The minimum Gasteiger partial charge on any atom is -0.507 e. The van der Waals surface area contributed by atoms with Gasteiger partial charge in [0.1, 0.15) is 23.4 Å². The Kier molecular flexibility index (Phi) is 11.2. The van der Waals surface area contributed by atoms with Gasteiger partial charge in [0.05, 0.1) is 0 Å². The molecule has 1 aromatic carbocycles. The summed E-state index contributed by atoms with van der Waals surface area (Å²) in [6.45, 7) is 14.4. The van der Waals surface area contributed by atoms with Crippen LogP contribution in [-0.4, -0.2) is 57.4 Å². The summed E-state index contributed by atoms with van der Waals surface area (Å²) in [5.74, 6) is -0.951. The van der Waals surface area contributed by atoms with Gasteiger partial charge in [-0.2, -0.15) is 12.6 Å². The van der Waals surface area contributed by atoms with E-state index < -0.39 is 41.6 Å². The Morgan fingerprint density at radius 2 is 1.76 bits per heavy atom. The fourth-order valence-corrected chi connectivity index (χ4v) is 3.89. The highest BCUT2D eigenvalue weighted by atomic mass is 32.1. The van der Waals surface area contributed by atoms with Crippen LogP contribution in [0.3, 0.4) is 0 Å². The smallest absolute Gasteiger partial charge is 0.408 e. The number of benzene rings is 1. The quantitative estimate of drug-likeness (QED) is 0.366. The zero-order chi connectivity index (χ0) is 26.2. The average molecular weight is 496 g/mol. The summed E-state index contributed by atoms with van der Waals surface area (Å²) < 4.78 is 5.29. The van der Waals surface area contributed by atoms with E-state index in [9.17, 15) is 19.5 Å². The molecule has 3 atom stereocenters. The van der Waals surface area contributed by atoms with Crippen molar-refractivity contribution in [1.82, 2.24) is 15.5 Å². The topological polar surface area (TPSA) is 108 Å². The predicted molar refractivity (Wildman–Crippen MR) is 137 cm³/mol. The van der Waals surface area contributed by atoms with Crippen molar-refractivity contribution in [3.05, 3.63) is 29.3 Å². The van der Waals surface area contributed by atoms with Crippen LogP contribution in [0, 0.1) is 6.92 Å². The number of hydrogen-bond donors (Lipinski definition) is 4. The van der Waals surface area contributed by atoms with E-state index in [4.69, 9.17) is 4.74 Å². The van der Waals surface area contributed by atoms with Gasteiger partial charge in [-0.1, -0.05) is 31.5 Å². The van der Waals surface area contributed by atoms with Crippen LogP contribution in [0.1, 0.15) is 78.5 Å². The number of carbonyl (C=O) groups is 3. The van der Waals surface area contributed by atoms with Crippen LogP contribution in [0.2, 0.25) is 0 Å². The van der Waals surface area contributed by atoms with E-state index >= 15 is 0 Å². The minimum absolute atomic E-state index is 0.00166. The zero-order valence-electron chi connectivity index (χ0n) is 21.6. The molecular weight excluding hydrogens is 454 g/mol. The van der Waals surface area contributed by atoms with E-state index in [0.29, 0.717) is 11.1 Å². The third-order valence-corrected chi connectivity index (χ3v) is 5.55. The first-order valence-corrected chi connectivity index (χ1v) is 12.4. The van der Waals surface area contributed by atoms with Crippen LogP contribution in [0.15, 0.2) is 18.2 Å². The summed E-state index contributed by atoms with van der Waals surface area (Å²) in [5.41, 5.74) is 0.168. The summed E-state index contributed by atoms with van der Waals surface area (Å²) in [6.07, 6.45) is 0.906. The van der Waals surface area contributed by atoms with E-state index in [0.717, 1.165) is 12.8 Å². The molecule has 1 rings (SSSR count). The highest BCUT2D eigenvalue weighted by molar-refractivity contribution is 7.80. The van der Waals surface area contributed by atoms with Crippen molar-refractivity contribution in [2.24, 2.45) is 0 Å². The van der Waals surface area contributed by atoms with Crippen molar-refractivity contribution in [3.8, 4) is 5.75 Å². The number of amides is 3. The van der Waals surface area contributed by atoms with Gasteiger partial charge in [-0.25, -0.2) is 4.79 Å². The number of ether oxygens (including phenoxy) is 1. The van der Waals surface area contributed by atoms with E-state index in [1.54, 1.807) is 59.7 Å². The Balaban J connectivity index is 3.45. The molecule has 0 fully saturated rings. The van der Waals surface area contributed by atoms with Crippen LogP contribution in [-0.2, 0) is 14.3 Å². The second-order valence-corrected chi connectivity index (χ2v) is 10.2. The number of aromatic hydroxyl groups is 1. The lowest BCUT2D eigenvalue weighted by Crippen LogP contribution is -2.56. The van der Waals surface area contributed by atoms with E-state index in [1.807, 2.05) is 13.8 Å². The second kappa shape index (κ2) is 12.9. The Labute approximate surface area is 209 Å². The van der Waals surface area contributed by atoms with Crippen molar-refractivity contribution in [1.29, 1.82) is 0 Å². The highest BCUT2D eigenvalue weighted by Gasteiger charge is 2.39. The van der Waals surface area contributed by atoms with Gasteiger partial charge < -0.3 is 25.4 Å². The van der Waals surface area contributed by atoms with Gasteiger partial charge in [0.25, 0.3) is 0 Å². The largest absolute Gasteiger partial charge is 0.507 e. The number of nitrogens with zero attached hydrogens (tertiary/aromatic N) is 1. The lowest BCUT2D eigenvalue weighted by Gasteiger charge is -2.37. The SMILES string of the molecule is CCCC(C)NC(=O)C(c1cccc(C)c1O)N(C(=O)C(CS)NC(=O)OC(C)(C)C)C(C)C. The molecule has 3 N–H and O–H groups in total. The molecule has 0 spiro atoms. The first kappa shape index (κ1) is 29.6. The van der Waals surface area contributed by atoms with Gasteiger partial charge in [0, 0.05) is 23.4 Å². The molecule has 34 heavy (non-hydrogen) atoms. The molecule has 0 bridgehead atoms. The Hall–Kier alpha value is -2.42. The second-order valence-electron chi connectivity index (χ2n) is 9.83. The molecule has 3 unspecified atom stereocenters. The average Bonchev–Trinajstić information content (AvgIpc) is 2.70. The van der Waals surface area contributed by atoms with Crippen molar-refractivity contribution in [3.63, 3.8) is 0 Å². The van der Waals surface area contributed by atoms with Gasteiger partial charge >= 0.3 is 6.09 Å². The molecule has 0 aliphatic heterocycles. The maximum Gasteiger partial charge on any atom is 0.408 e. The zero-order valence-corrected chi connectivity index (χ0v) is 22.5. The fourth-order valence-electron chi connectivity index (χ4n) is 3.64. The predicted octanol–water partition coefficient (Wildman–Crippen LogP) is 4.11. The molecule has 0 saturated carbocycles. The maximum atomic E-state index is 13.7. The number of nitrogens with one attached hydrogen (secondary N) is 2. The van der Waals surface area contributed by atoms with E-state index in [1.165, 1.54) is 4.90 Å². The molecule has 1 aromatic rings. The van der Waals surface area contributed by atoms with Crippen molar-refractivity contribution < 1.29 is 24.2 Å². The van der Waals surface area contributed by atoms with Gasteiger partial charge in [0.15, 0.2) is 0 Å². The third-order valence-electron chi connectivity index (χ3n) is 5.18. The lowest BCUT2D eigenvalue weighted by molar-refractivity contribution is -0.144. The Bertz CT molecular complexity index is 853. The van der Waals surface area contributed by atoms with Crippen LogP contribution in [0.4, 0.5) is 4.79 Å². The summed E-state index contributed by atoms with van der Waals surface area (Å²) in [6, 6.07) is 2.43. The molecule has 0 saturated heterocycles. The van der Waals surface area contributed by atoms with Crippen LogP contribution in [0.5, 0.6) is 5.75 Å². The summed E-state index contributed by atoms with van der Waals surface area (Å²) in [4.78, 5) is 41.0. The molecule has 0 radical (unpaired) electrons. The first-order chi connectivity index (χ1) is 15.7. The van der Waals surface area contributed by atoms with Gasteiger partial charge in [-0.05, 0) is 60.5 Å². The number of alkyl carbamates (subject to hydrolysis) is 1. The fraction of sp³-hybridized carbons (Fsp3) is 0.640. The lowest BCUT2D eigenvalue weighted by atomic mass is 9.97. The van der Waals surface area contributed by atoms with Gasteiger partial charge in [-0.3, -0.25) is 9.59 Å². The molecule has 192 valence electrons. The Morgan fingerprint density at radius 3 is 2.26 bits per heavy atom. The number of para-hydroxylation sites is 1. The van der Waals surface area contributed by atoms with Crippen molar-refractivity contribution >= 4 is 30.5 Å². The molecule has 0 aromatic heterocycles. The molecule has 0 heterocycles. The highest BCUT2D eigenvalue weighted by Crippen LogP contribution is 2.33. The van der Waals surface area contributed by atoms with Gasteiger partial charge in [-0.15, -0.1) is 0 Å². The van der Waals surface area contributed by atoms with Crippen LogP contribution >= 0.6 is 12.6 Å². The van der Waals surface area contributed by atoms with E-state index in [-0.39, 0.29) is 17.5 Å². The molecule has 8 nitrogen and oxygen atoms in total. The molecule has 9 heteroatoms. The number of rotatable bonds is 10. The van der Waals surface area contributed by atoms with Gasteiger partial charge in [0.2, 0.25) is 11.8 Å². The number of thiol groups is 1. The number of phenols is 1. The standard InChI is InChI=1S/C25H41N3O5S/c1-9-11-17(5)26-22(30)20(18-13-10-12-16(4)21(18)29)28(15(2)3)23(31)19(14-34)27-24(32)33-25(6,7)8/h10,12-13,15,17,19-20,29,34H,9,11,14H2,1-8H3,(H,26,30)(H,27,32). The van der Waals surface area contributed by atoms with Crippen molar-refractivity contribution in [2.45, 2.75) is 98.0 Å². The summed E-state index contributed by atoms with van der Waals surface area (Å²) >= 11 is 4.26. The molecular formula is C25H41N3O5S. The number of carbonyl (C=O) groups excluding carboxylic acids is 3. The number of hydrogen-bond acceptors (Lipinski definition) is 6. The number of phenolic OH excluding ortho intramolecular Hbond substituents is 1. The normalized spacial score (nSPS) is 14.2.